The number of phenolic OH excluding ortho intramolecular Hbond substituents is 1. The van der Waals surface area contributed by atoms with Gasteiger partial charge in [0.1, 0.15) is 17.4 Å². The Morgan fingerprint density at radius 1 is 0.812 bits per heavy atom. The van der Waals surface area contributed by atoms with Crippen molar-refractivity contribution in [2.75, 3.05) is 22.6 Å². The molecule has 0 radical (unpaired) electrons. The zero-order chi connectivity index (χ0) is 23.4. The van der Waals surface area contributed by atoms with E-state index in [0.29, 0.717) is 17.4 Å². The van der Waals surface area contributed by atoms with Gasteiger partial charge in [0, 0.05) is 48.7 Å². The average molecular weight is 439 g/mol. The van der Waals surface area contributed by atoms with Crippen LogP contribution in [0.3, 0.4) is 0 Å². The number of benzene rings is 3. The summed E-state index contributed by atoms with van der Waals surface area (Å²) in [5.41, 5.74) is 0.940. The van der Waals surface area contributed by atoms with Gasteiger partial charge in [-0.25, -0.2) is 8.78 Å². The van der Waals surface area contributed by atoms with Crippen LogP contribution in [0.2, 0.25) is 0 Å². The number of hydrogen-bond donors (Lipinski definition) is 3. The fraction of sp³-hybridized carbons (Fsp3) is 0.0870. The molecular weight excluding hydrogens is 420 g/mol. The van der Waals surface area contributed by atoms with Crippen molar-refractivity contribution in [3.8, 4) is 5.75 Å². The molecule has 0 saturated carbocycles. The molecule has 3 aromatic carbocycles. The van der Waals surface area contributed by atoms with E-state index in [1.807, 2.05) is 0 Å². The molecule has 0 heterocycles. The van der Waals surface area contributed by atoms with Gasteiger partial charge in [0.05, 0.1) is 5.56 Å². The molecule has 0 bridgehead atoms. The van der Waals surface area contributed by atoms with Crippen LogP contribution in [0.5, 0.6) is 5.75 Å². The summed E-state index contributed by atoms with van der Waals surface area (Å²) in [6.45, 7) is 1.43. The Kier molecular flexibility index (Phi) is 6.48. The lowest BCUT2D eigenvalue weighted by molar-refractivity contribution is -0.116. The van der Waals surface area contributed by atoms with Gasteiger partial charge in [0.15, 0.2) is 0 Å². The number of nitrogens with zero attached hydrogens (tertiary/aromatic N) is 1. The summed E-state index contributed by atoms with van der Waals surface area (Å²) >= 11 is 0. The monoisotopic (exact) mass is 439 g/mol. The molecule has 0 aromatic heterocycles. The quantitative estimate of drug-likeness (QED) is 0.556. The number of halogens is 2. The SMILES string of the molecule is CC(=O)N(C)c1ccc(NC(=O)c2ccc(NC(=O)c3cc(F)cc(F)c3)cc2O)cc1. The summed E-state index contributed by atoms with van der Waals surface area (Å²) in [4.78, 5) is 37.5. The second-order valence-corrected chi connectivity index (χ2v) is 6.92. The highest BCUT2D eigenvalue weighted by Crippen LogP contribution is 2.24. The molecule has 3 N–H and O–H groups in total. The largest absolute Gasteiger partial charge is 0.507 e. The Morgan fingerprint density at radius 3 is 1.94 bits per heavy atom. The van der Waals surface area contributed by atoms with Crippen molar-refractivity contribution >= 4 is 34.8 Å². The summed E-state index contributed by atoms with van der Waals surface area (Å²) in [6, 6.07) is 12.7. The highest BCUT2D eigenvalue weighted by Gasteiger charge is 2.15. The molecule has 7 nitrogen and oxygen atoms in total. The Hall–Kier alpha value is -4.27. The van der Waals surface area contributed by atoms with Crippen molar-refractivity contribution in [2.45, 2.75) is 6.92 Å². The lowest BCUT2D eigenvalue weighted by Gasteiger charge is -2.15. The second-order valence-electron chi connectivity index (χ2n) is 6.92. The van der Waals surface area contributed by atoms with Crippen LogP contribution in [-0.2, 0) is 4.79 Å². The molecule has 0 spiro atoms. The normalized spacial score (nSPS) is 10.4. The van der Waals surface area contributed by atoms with Crippen LogP contribution in [0.4, 0.5) is 25.8 Å². The molecule has 0 aliphatic heterocycles. The molecule has 0 aliphatic rings. The average Bonchev–Trinajstić information content (AvgIpc) is 2.73. The predicted molar refractivity (Wildman–Crippen MR) is 116 cm³/mol. The molecule has 3 amide bonds. The van der Waals surface area contributed by atoms with Crippen molar-refractivity contribution in [3.05, 3.63) is 83.4 Å². The second kappa shape index (κ2) is 9.25. The van der Waals surface area contributed by atoms with Gasteiger partial charge in [-0.3, -0.25) is 14.4 Å². The molecule has 32 heavy (non-hydrogen) atoms. The molecule has 0 saturated heterocycles. The van der Waals surface area contributed by atoms with Crippen LogP contribution in [0.25, 0.3) is 0 Å². The summed E-state index contributed by atoms with van der Waals surface area (Å²) < 4.78 is 26.6. The number of rotatable bonds is 5. The van der Waals surface area contributed by atoms with Gasteiger partial charge in [-0.05, 0) is 48.5 Å². The maximum atomic E-state index is 13.3. The van der Waals surface area contributed by atoms with Gasteiger partial charge < -0.3 is 20.6 Å². The maximum absolute atomic E-state index is 13.3. The topological polar surface area (TPSA) is 98.7 Å². The standard InChI is InChI=1S/C23H19F2N3O4/c1-13(29)28(2)19-6-3-17(4-7-19)26-23(32)20-8-5-18(12-21(20)30)27-22(31)14-9-15(24)11-16(25)10-14/h3-12,30H,1-2H3,(H,26,32)(H,27,31). The summed E-state index contributed by atoms with van der Waals surface area (Å²) in [5.74, 6) is -3.71. The molecule has 0 unspecified atom stereocenters. The molecule has 3 aromatic rings. The molecule has 0 aliphatic carbocycles. The lowest BCUT2D eigenvalue weighted by atomic mass is 10.1. The van der Waals surface area contributed by atoms with Crippen LogP contribution in [0.15, 0.2) is 60.7 Å². The zero-order valence-corrected chi connectivity index (χ0v) is 17.1. The van der Waals surface area contributed by atoms with Gasteiger partial charge in [0.2, 0.25) is 5.91 Å². The van der Waals surface area contributed by atoms with Crippen LogP contribution in [-0.4, -0.2) is 29.9 Å². The van der Waals surface area contributed by atoms with Gasteiger partial charge in [0.25, 0.3) is 11.8 Å². The number of aromatic hydroxyl groups is 1. The van der Waals surface area contributed by atoms with E-state index in [4.69, 9.17) is 0 Å². The summed E-state index contributed by atoms with van der Waals surface area (Å²) in [7, 11) is 1.62. The minimum absolute atomic E-state index is 0.0512. The summed E-state index contributed by atoms with van der Waals surface area (Å²) in [6.07, 6.45) is 0. The molecule has 9 heteroatoms. The number of carbonyl (C=O) groups excluding carboxylic acids is 3. The Morgan fingerprint density at radius 2 is 1.38 bits per heavy atom. The van der Waals surface area contributed by atoms with Gasteiger partial charge in [-0.15, -0.1) is 0 Å². The number of hydrogen-bond acceptors (Lipinski definition) is 4. The molecule has 0 atom stereocenters. The first-order chi connectivity index (χ1) is 15.1. The van der Waals surface area contributed by atoms with E-state index in [0.717, 1.165) is 18.2 Å². The number of phenols is 1. The number of amides is 3. The van der Waals surface area contributed by atoms with E-state index in [1.54, 1.807) is 31.3 Å². The van der Waals surface area contributed by atoms with E-state index in [1.165, 1.54) is 24.0 Å². The van der Waals surface area contributed by atoms with Crippen molar-refractivity contribution < 1.29 is 28.3 Å². The van der Waals surface area contributed by atoms with Gasteiger partial charge in [-0.1, -0.05) is 0 Å². The third-order valence-corrected chi connectivity index (χ3v) is 4.61. The molecular formula is C23H19F2N3O4. The third kappa shape index (κ3) is 5.25. The molecule has 164 valence electrons. The van der Waals surface area contributed by atoms with Crippen LogP contribution in [0.1, 0.15) is 27.6 Å². The van der Waals surface area contributed by atoms with E-state index >= 15 is 0 Å². The van der Waals surface area contributed by atoms with E-state index in [9.17, 15) is 28.3 Å². The highest BCUT2D eigenvalue weighted by molar-refractivity contribution is 6.08. The number of carbonyl (C=O) groups is 3. The zero-order valence-electron chi connectivity index (χ0n) is 17.1. The van der Waals surface area contributed by atoms with E-state index in [-0.39, 0.29) is 22.7 Å². The fourth-order valence-corrected chi connectivity index (χ4v) is 2.84. The summed E-state index contributed by atoms with van der Waals surface area (Å²) in [5, 5.41) is 15.2. The minimum Gasteiger partial charge on any atom is -0.507 e. The first-order valence-electron chi connectivity index (χ1n) is 9.40. The predicted octanol–water partition coefficient (Wildman–Crippen LogP) is 4.16. The van der Waals surface area contributed by atoms with Crippen LogP contribution in [0, 0.1) is 11.6 Å². The maximum Gasteiger partial charge on any atom is 0.259 e. The Bertz CT molecular complexity index is 1180. The third-order valence-electron chi connectivity index (χ3n) is 4.61. The van der Waals surface area contributed by atoms with Crippen molar-refractivity contribution in [3.63, 3.8) is 0 Å². The van der Waals surface area contributed by atoms with Crippen LogP contribution < -0.4 is 15.5 Å². The van der Waals surface area contributed by atoms with Gasteiger partial charge in [-0.2, -0.15) is 0 Å². The highest BCUT2D eigenvalue weighted by atomic mass is 19.1. The molecule has 3 rings (SSSR count). The van der Waals surface area contributed by atoms with E-state index in [2.05, 4.69) is 10.6 Å². The number of nitrogens with one attached hydrogen (secondary N) is 2. The molecule has 0 fully saturated rings. The van der Waals surface area contributed by atoms with Crippen molar-refractivity contribution in [2.24, 2.45) is 0 Å². The van der Waals surface area contributed by atoms with Crippen molar-refractivity contribution in [1.29, 1.82) is 0 Å². The number of anilines is 3. The van der Waals surface area contributed by atoms with Crippen molar-refractivity contribution in [1.82, 2.24) is 0 Å². The van der Waals surface area contributed by atoms with E-state index < -0.39 is 29.2 Å². The first-order valence-corrected chi connectivity index (χ1v) is 9.40. The fourth-order valence-electron chi connectivity index (χ4n) is 2.84. The lowest BCUT2D eigenvalue weighted by Crippen LogP contribution is -2.22. The minimum atomic E-state index is -0.897. The Balaban J connectivity index is 1.69. The first kappa shape index (κ1) is 22.4. The van der Waals surface area contributed by atoms with Crippen LogP contribution >= 0.6 is 0 Å². The smallest absolute Gasteiger partial charge is 0.259 e. The Labute approximate surface area is 182 Å². The van der Waals surface area contributed by atoms with Gasteiger partial charge >= 0.3 is 0 Å².